The van der Waals surface area contributed by atoms with Crippen LogP contribution in [0.25, 0.3) is 0 Å². The van der Waals surface area contributed by atoms with Gasteiger partial charge in [0.25, 0.3) is 5.91 Å². The number of methoxy groups -OCH3 is 1. The summed E-state index contributed by atoms with van der Waals surface area (Å²) in [6, 6.07) is 10.2. The van der Waals surface area contributed by atoms with Crippen molar-refractivity contribution in [3.8, 4) is 0 Å². The summed E-state index contributed by atoms with van der Waals surface area (Å²) in [5.41, 5.74) is 2.19. The molecule has 2 unspecified atom stereocenters. The first kappa shape index (κ1) is 22.8. The summed E-state index contributed by atoms with van der Waals surface area (Å²) in [5, 5.41) is 15.4. The smallest absolute Gasteiger partial charge is 0.337 e. The van der Waals surface area contributed by atoms with E-state index in [-0.39, 0.29) is 29.7 Å². The molecule has 0 radical (unpaired) electrons. The molecule has 0 saturated heterocycles. The molecule has 7 nitrogen and oxygen atoms in total. The predicted molar refractivity (Wildman–Crippen MR) is 117 cm³/mol. The third-order valence-corrected chi connectivity index (χ3v) is 5.84. The second-order valence-electron chi connectivity index (χ2n) is 7.18. The van der Waals surface area contributed by atoms with Crippen LogP contribution in [0.4, 0.5) is 0 Å². The lowest BCUT2D eigenvalue weighted by atomic mass is 9.80. The van der Waals surface area contributed by atoms with E-state index in [0.717, 1.165) is 5.57 Å². The number of nitrogens with zero attached hydrogens (tertiary/aromatic N) is 1. The maximum absolute atomic E-state index is 12.4. The number of halogens is 2. The minimum atomic E-state index is -0.852. The molecular formula is C22H20Cl2N2O5. The highest BCUT2D eigenvalue weighted by molar-refractivity contribution is 6.35. The van der Waals surface area contributed by atoms with Crippen molar-refractivity contribution >= 4 is 35.1 Å². The number of ether oxygens (including phenoxy) is 1. The molecule has 162 valence electrons. The van der Waals surface area contributed by atoms with Crippen LogP contribution in [0.3, 0.4) is 0 Å². The van der Waals surface area contributed by atoms with Crippen LogP contribution in [0.1, 0.15) is 45.0 Å². The summed E-state index contributed by atoms with van der Waals surface area (Å²) in [7, 11) is 1.28. The molecule has 1 aliphatic carbocycles. The Kier molecular flexibility index (Phi) is 7.30. The zero-order chi connectivity index (χ0) is 22.5. The molecule has 0 heterocycles. The summed E-state index contributed by atoms with van der Waals surface area (Å²) in [6.07, 6.45) is 2.56. The first-order chi connectivity index (χ1) is 14.8. The summed E-state index contributed by atoms with van der Waals surface area (Å²) >= 11 is 12.2. The van der Waals surface area contributed by atoms with E-state index in [1.165, 1.54) is 31.4 Å². The standard InChI is InChI=1S/C22H20Cl2N2O5/c1-31-22(28)15-5-3-14(4-6-15)21(27)25-12-13-2-8-18(20(10-13)26(29)30)17-9-7-16(23)11-19(17)24/h2-7,9,11,18,20H,8,10,12H2,1H3,(H,25,27). The first-order valence-electron chi connectivity index (χ1n) is 9.53. The molecule has 2 atom stereocenters. The lowest BCUT2D eigenvalue weighted by molar-refractivity contribution is -0.527. The molecule has 9 heteroatoms. The molecule has 1 N–H and O–H groups in total. The Labute approximate surface area is 189 Å². The van der Waals surface area contributed by atoms with Gasteiger partial charge in [-0.15, -0.1) is 0 Å². The van der Waals surface area contributed by atoms with E-state index in [2.05, 4.69) is 10.1 Å². The van der Waals surface area contributed by atoms with E-state index in [9.17, 15) is 19.7 Å². The Hall–Kier alpha value is -2.90. The number of rotatable bonds is 6. The molecule has 3 rings (SSSR count). The van der Waals surface area contributed by atoms with Gasteiger partial charge in [0.15, 0.2) is 0 Å². The Bertz CT molecular complexity index is 1040. The van der Waals surface area contributed by atoms with E-state index in [4.69, 9.17) is 23.2 Å². The minimum absolute atomic E-state index is 0.197. The highest BCUT2D eigenvalue weighted by Crippen LogP contribution is 2.38. The fourth-order valence-corrected chi connectivity index (χ4v) is 4.17. The number of nitrogens with one attached hydrogen (secondary N) is 1. The van der Waals surface area contributed by atoms with Crippen molar-refractivity contribution in [3.63, 3.8) is 0 Å². The monoisotopic (exact) mass is 462 g/mol. The number of hydrogen-bond donors (Lipinski definition) is 1. The normalized spacial score (nSPS) is 18.1. The molecule has 0 aromatic heterocycles. The Morgan fingerprint density at radius 1 is 1.16 bits per heavy atom. The summed E-state index contributed by atoms with van der Waals surface area (Å²) in [6.45, 7) is 0.197. The Balaban J connectivity index is 1.67. The number of esters is 1. The molecule has 1 aliphatic rings. The van der Waals surface area contributed by atoms with Crippen LogP contribution >= 0.6 is 23.2 Å². The molecule has 31 heavy (non-hydrogen) atoms. The number of benzene rings is 2. The highest BCUT2D eigenvalue weighted by Gasteiger charge is 2.37. The van der Waals surface area contributed by atoms with Gasteiger partial charge in [0.2, 0.25) is 6.04 Å². The van der Waals surface area contributed by atoms with E-state index in [0.29, 0.717) is 33.2 Å². The average Bonchev–Trinajstić information content (AvgIpc) is 2.77. The number of carbonyl (C=O) groups is 2. The van der Waals surface area contributed by atoms with Crippen molar-refractivity contribution in [1.29, 1.82) is 0 Å². The zero-order valence-corrected chi connectivity index (χ0v) is 18.2. The van der Waals surface area contributed by atoms with Gasteiger partial charge in [-0.1, -0.05) is 35.3 Å². The van der Waals surface area contributed by atoms with Crippen LogP contribution in [0.2, 0.25) is 10.0 Å². The van der Waals surface area contributed by atoms with E-state index >= 15 is 0 Å². The fraction of sp³-hybridized carbons (Fsp3) is 0.273. The molecule has 0 aliphatic heterocycles. The molecular weight excluding hydrogens is 443 g/mol. The number of allylic oxidation sites excluding steroid dienone is 1. The van der Waals surface area contributed by atoms with Crippen LogP contribution in [-0.2, 0) is 4.74 Å². The van der Waals surface area contributed by atoms with Crippen molar-refractivity contribution in [1.82, 2.24) is 5.32 Å². The number of hydrogen-bond acceptors (Lipinski definition) is 5. The third-order valence-electron chi connectivity index (χ3n) is 5.27. The molecule has 0 bridgehead atoms. The molecule has 2 aromatic rings. The van der Waals surface area contributed by atoms with Gasteiger partial charge < -0.3 is 10.1 Å². The quantitative estimate of drug-likeness (QED) is 0.291. The van der Waals surface area contributed by atoms with E-state index < -0.39 is 12.0 Å². The van der Waals surface area contributed by atoms with E-state index in [1.807, 2.05) is 6.08 Å². The maximum atomic E-state index is 12.4. The molecule has 2 aromatic carbocycles. The lowest BCUT2D eigenvalue weighted by Crippen LogP contribution is -2.34. The maximum Gasteiger partial charge on any atom is 0.337 e. The van der Waals surface area contributed by atoms with Crippen molar-refractivity contribution in [2.24, 2.45) is 0 Å². The van der Waals surface area contributed by atoms with Gasteiger partial charge >= 0.3 is 5.97 Å². The van der Waals surface area contributed by atoms with Crippen LogP contribution in [0.5, 0.6) is 0 Å². The van der Waals surface area contributed by atoms with Gasteiger partial charge in [-0.2, -0.15) is 0 Å². The topological polar surface area (TPSA) is 98.5 Å². The summed E-state index contributed by atoms with van der Waals surface area (Å²) in [4.78, 5) is 35.3. The number of nitro groups is 1. The van der Waals surface area contributed by atoms with Gasteiger partial charge in [0, 0.05) is 33.5 Å². The Morgan fingerprint density at radius 3 is 2.45 bits per heavy atom. The second kappa shape index (κ2) is 9.94. The van der Waals surface area contributed by atoms with Gasteiger partial charge in [0.1, 0.15) is 0 Å². The van der Waals surface area contributed by atoms with Crippen LogP contribution in [-0.4, -0.2) is 36.5 Å². The van der Waals surface area contributed by atoms with Crippen molar-refractivity contribution < 1.29 is 19.2 Å². The molecule has 1 amide bonds. The van der Waals surface area contributed by atoms with Crippen LogP contribution in [0.15, 0.2) is 54.1 Å². The molecule has 0 fully saturated rings. The van der Waals surface area contributed by atoms with E-state index in [1.54, 1.807) is 18.2 Å². The predicted octanol–water partition coefficient (Wildman–Crippen LogP) is 4.66. The van der Waals surface area contributed by atoms with Gasteiger partial charge in [-0.05, 0) is 54.0 Å². The molecule has 0 spiro atoms. The SMILES string of the molecule is COC(=O)c1ccc(C(=O)NCC2=CCC(c3ccc(Cl)cc3Cl)C([N+](=O)[O-])C2)cc1. The van der Waals surface area contributed by atoms with Crippen molar-refractivity contribution in [2.45, 2.75) is 24.8 Å². The number of amides is 1. The summed E-state index contributed by atoms with van der Waals surface area (Å²) < 4.78 is 4.63. The highest BCUT2D eigenvalue weighted by atomic mass is 35.5. The summed E-state index contributed by atoms with van der Waals surface area (Å²) in [5.74, 6) is -1.19. The van der Waals surface area contributed by atoms with Crippen molar-refractivity contribution in [2.75, 3.05) is 13.7 Å². The van der Waals surface area contributed by atoms with Crippen molar-refractivity contribution in [3.05, 3.63) is 91.0 Å². The minimum Gasteiger partial charge on any atom is -0.465 e. The molecule has 0 saturated carbocycles. The number of carbonyl (C=O) groups excluding carboxylic acids is 2. The average molecular weight is 463 g/mol. The Morgan fingerprint density at radius 2 is 1.84 bits per heavy atom. The first-order valence-corrected chi connectivity index (χ1v) is 10.3. The van der Waals surface area contributed by atoms with Gasteiger partial charge in [-0.3, -0.25) is 14.9 Å². The third kappa shape index (κ3) is 5.42. The van der Waals surface area contributed by atoms with Gasteiger partial charge in [-0.25, -0.2) is 4.79 Å². The van der Waals surface area contributed by atoms with Crippen LogP contribution < -0.4 is 5.32 Å². The zero-order valence-electron chi connectivity index (χ0n) is 16.6. The lowest BCUT2D eigenvalue weighted by Gasteiger charge is -2.26. The van der Waals surface area contributed by atoms with Gasteiger partial charge in [0.05, 0.1) is 18.6 Å². The second-order valence-corrected chi connectivity index (χ2v) is 8.02. The van der Waals surface area contributed by atoms with Crippen LogP contribution in [0, 0.1) is 10.1 Å². The fourth-order valence-electron chi connectivity index (χ4n) is 3.62. The largest absolute Gasteiger partial charge is 0.465 e.